The number of nitrogens with one attached hydrogen (secondary N) is 1. The van der Waals surface area contributed by atoms with Crippen molar-refractivity contribution in [3.63, 3.8) is 0 Å². The summed E-state index contributed by atoms with van der Waals surface area (Å²) in [5.74, 6) is -0.0949. The molecule has 1 fully saturated rings. The van der Waals surface area contributed by atoms with Crippen LogP contribution in [0.15, 0.2) is 47.5 Å². The summed E-state index contributed by atoms with van der Waals surface area (Å²) in [6, 6.07) is 10.8. The summed E-state index contributed by atoms with van der Waals surface area (Å²) >= 11 is 0. The standard InChI is InChI=1S/C26H34N4O3S/c1-18-13-21(7-8-22(18)15-27)16-28-26(31)20(3)30-17-19(2)24-14-23(9-10-25(24)30)34(32,33)29-11-5-4-6-12-29/h7-10,13-14,17,20H,4-6,11-12,15-16,27H2,1-3H3,(H,28,31). The van der Waals surface area contributed by atoms with E-state index in [1.54, 1.807) is 16.4 Å². The quantitative estimate of drug-likeness (QED) is 0.536. The molecule has 1 unspecified atom stereocenters. The van der Waals surface area contributed by atoms with E-state index in [1.165, 1.54) is 0 Å². The number of aryl methyl sites for hydroxylation is 2. The van der Waals surface area contributed by atoms with Gasteiger partial charge in [0, 0.05) is 43.3 Å². The first-order valence-electron chi connectivity index (χ1n) is 11.9. The molecule has 0 aliphatic carbocycles. The molecule has 1 saturated heterocycles. The summed E-state index contributed by atoms with van der Waals surface area (Å²) in [5, 5.41) is 3.87. The Labute approximate surface area is 202 Å². The van der Waals surface area contributed by atoms with Gasteiger partial charge >= 0.3 is 0 Å². The molecule has 3 aromatic rings. The Morgan fingerprint density at radius 3 is 2.47 bits per heavy atom. The topological polar surface area (TPSA) is 97.4 Å². The maximum Gasteiger partial charge on any atom is 0.243 e. The van der Waals surface area contributed by atoms with Crippen LogP contribution in [-0.2, 0) is 27.9 Å². The molecule has 1 amide bonds. The molecule has 2 aromatic carbocycles. The average molecular weight is 483 g/mol. The molecule has 4 rings (SSSR count). The molecule has 0 saturated carbocycles. The molecule has 3 N–H and O–H groups in total. The highest BCUT2D eigenvalue weighted by Crippen LogP contribution is 2.29. The molecule has 0 bridgehead atoms. The van der Waals surface area contributed by atoms with Crippen LogP contribution in [0.25, 0.3) is 10.9 Å². The van der Waals surface area contributed by atoms with E-state index < -0.39 is 16.1 Å². The van der Waals surface area contributed by atoms with Crippen LogP contribution in [0.4, 0.5) is 0 Å². The van der Waals surface area contributed by atoms with Crippen LogP contribution in [0, 0.1) is 13.8 Å². The van der Waals surface area contributed by atoms with Crippen molar-refractivity contribution < 1.29 is 13.2 Å². The number of carbonyl (C=O) groups is 1. The largest absolute Gasteiger partial charge is 0.350 e. The zero-order chi connectivity index (χ0) is 24.5. The second kappa shape index (κ2) is 9.90. The van der Waals surface area contributed by atoms with Gasteiger partial charge in [0.2, 0.25) is 15.9 Å². The number of fused-ring (bicyclic) bond motifs is 1. The van der Waals surface area contributed by atoms with Gasteiger partial charge in [-0.1, -0.05) is 24.6 Å². The van der Waals surface area contributed by atoms with Gasteiger partial charge < -0.3 is 15.6 Å². The molecule has 1 atom stereocenters. The molecule has 1 aliphatic rings. The van der Waals surface area contributed by atoms with Gasteiger partial charge in [-0.15, -0.1) is 0 Å². The van der Waals surface area contributed by atoms with E-state index in [-0.39, 0.29) is 5.91 Å². The third-order valence-electron chi connectivity index (χ3n) is 6.85. The van der Waals surface area contributed by atoms with Crippen molar-refractivity contribution in [1.29, 1.82) is 0 Å². The Bertz CT molecular complexity index is 1310. The molecule has 0 spiro atoms. The highest BCUT2D eigenvalue weighted by Gasteiger charge is 2.27. The van der Waals surface area contributed by atoms with Gasteiger partial charge in [-0.3, -0.25) is 4.79 Å². The van der Waals surface area contributed by atoms with Crippen molar-refractivity contribution in [2.45, 2.75) is 64.1 Å². The van der Waals surface area contributed by atoms with E-state index in [4.69, 9.17) is 5.73 Å². The summed E-state index contributed by atoms with van der Waals surface area (Å²) in [5.41, 5.74) is 10.8. The molecule has 1 aromatic heterocycles. The molecular weight excluding hydrogens is 448 g/mol. The second-order valence-corrected chi connectivity index (χ2v) is 11.2. The number of hydrogen-bond acceptors (Lipinski definition) is 4. The van der Waals surface area contributed by atoms with E-state index in [2.05, 4.69) is 5.32 Å². The molecule has 8 heteroatoms. The summed E-state index contributed by atoms with van der Waals surface area (Å²) in [6.45, 7) is 7.91. The molecule has 0 radical (unpaired) electrons. The van der Waals surface area contributed by atoms with Gasteiger partial charge in [-0.05, 0) is 74.1 Å². The number of nitrogens with two attached hydrogens (primary N) is 1. The van der Waals surface area contributed by atoms with Crippen molar-refractivity contribution in [2.24, 2.45) is 5.73 Å². The summed E-state index contributed by atoms with van der Waals surface area (Å²) in [6.07, 6.45) is 4.80. The lowest BCUT2D eigenvalue weighted by Crippen LogP contribution is -2.35. The van der Waals surface area contributed by atoms with Crippen LogP contribution in [0.3, 0.4) is 0 Å². The SMILES string of the molecule is Cc1cc(CNC(=O)C(C)n2cc(C)c3cc(S(=O)(=O)N4CCCCC4)ccc32)ccc1CN. The molecular formula is C26H34N4O3S. The van der Waals surface area contributed by atoms with E-state index in [9.17, 15) is 13.2 Å². The van der Waals surface area contributed by atoms with E-state index in [0.29, 0.717) is 31.1 Å². The number of nitrogens with zero attached hydrogens (tertiary/aromatic N) is 2. The molecule has 1 aliphatic heterocycles. The minimum Gasteiger partial charge on any atom is -0.350 e. The maximum atomic E-state index is 13.1. The first-order chi connectivity index (χ1) is 16.2. The highest BCUT2D eigenvalue weighted by molar-refractivity contribution is 7.89. The lowest BCUT2D eigenvalue weighted by molar-refractivity contribution is -0.123. The molecule has 7 nitrogen and oxygen atoms in total. The predicted octanol–water partition coefficient (Wildman–Crippen LogP) is 3.77. The van der Waals surface area contributed by atoms with Gasteiger partial charge in [0.05, 0.1) is 4.90 Å². The highest BCUT2D eigenvalue weighted by atomic mass is 32.2. The van der Waals surface area contributed by atoms with Crippen molar-refractivity contribution in [3.05, 3.63) is 64.8 Å². The van der Waals surface area contributed by atoms with Gasteiger partial charge in [-0.25, -0.2) is 8.42 Å². The maximum absolute atomic E-state index is 13.1. The zero-order valence-corrected chi connectivity index (χ0v) is 21.0. The van der Waals surface area contributed by atoms with Crippen molar-refractivity contribution in [2.75, 3.05) is 13.1 Å². The number of sulfonamides is 1. The van der Waals surface area contributed by atoms with Crippen LogP contribution in [-0.4, -0.2) is 36.3 Å². The number of hydrogen-bond donors (Lipinski definition) is 2. The fourth-order valence-corrected chi connectivity index (χ4v) is 6.24. The first kappa shape index (κ1) is 24.4. The Kier molecular flexibility index (Phi) is 7.12. The van der Waals surface area contributed by atoms with Crippen molar-refractivity contribution in [1.82, 2.24) is 14.2 Å². The van der Waals surface area contributed by atoms with Gasteiger partial charge in [0.1, 0.15) is 6.04 Å². The smallest absolute Gasteiger partial charge is 0.243 e. The minimum atomic E-state index is -3.51. The minimum absolute atomic E-state index is 0.0949. The third-order valence-corrected chi connectivity index (χ3v) is 8.74. The number of rotatable bonds is 7. The summed E-state index contributed by atoms with van der Waals surface area (Å²) < 4.78 is 29.7. The lowest BCUT2D eigenvalue weighted by Gasteiger charge is -2.26. The zero-order valence-electron chi connectivity index (χ0n) is 20.2. The lowest BCUT2D eigenvalue weighted by atomic mass is 10.1. The van der Waals surface area contributed by atoms with Crippen molar-refractivity contribution in [3.8, 4) is 0 Å². The van der Waals surface area contributed by atoms with Gasteiger partial charge in [0.25, 0.3) is 0 Å². The normalized spacial score (nSPS) is 16.0. The third kappa shape index (κ3) is 4.76. The molecule has 34 heavy (non-hydrogen) atoms. The summed E-state index contributed by atoms with van der Waals surface area (Å²) in [4.78, 5) is 13.3. The number of benzene rings is 2. The average Bonchev–Trinajstić information content (AvgIpc) is 3.18. The van der Waals surface area contributed by atoms with Crippen LogP contribution in [0.2, 0.25) is 0 Å². The second-order valence-electron chi connectivity index (χ2n) is 9.22. The Morgan fingerprint density at radius 1 is 1.06 bits per heavy atom. The molecule has 2 heterocycles. The van der Waals surface area contributed by atoms with Crippen LogP contribution >= 0.6 is 0 Å². The van der Waals surface area contributed by atoms with Gasteiger partial charge in [-0.2, -0.15) is 4.31 Å². The first-order valence-corrected chi connectivity index (χ1v) is 13.3. The van der Waals surface area contributed by atoms with Crippen LogP contribution in [0.5, 0.6) is 0 Å². The Balaban J connectivity index is 1.53. The number of aromatic nitrogens is 1. The fourth-order valence-electron chi connectivity index (χ4n) is 4.70. The van der Waals surface area contributed by atoms with Crippen LogP contribution in [0.1, 0.15) is 54.5 Å². The Hall–Kier alpha value is -2.68. The van der Waals surface area contributed by atoms with E-state index >= 15 is 0 Å². The monoisotopic (exact) mass is 482 g/mol. The molecule has 182 valence electrons. The van der Waals surface area contributed by atoms with E-state index in [0.717, 1.165) is 52.4 Å². The van der Waals surface area contributed by atoms with Crippen LogP contribution < -0.4 is 11.1 Å². The van der Waals surface area contributed by atoms with Crippen molar-refractivity contribution >= 4 is 26.8 Å². The van der Waals surface area contributed by atoms with Gasteiger partial charge in [0.15, 0.2) is 0 Å². The fraction of sp³-hybridized carbons (Fsp3) is 0.423. The predicted molar refractivity (Wildman–Crippen MR) is 135 cm³/mol. The van der Waals surface area contributed by atoms with E-state index in [1.807, 2.05) is 55.8 Å². The Morgan fingerprint density at radius 2 is 1.79 bits per heavy atom. The number of amides is 1. The summed E-state index contributed by atoms with van der Waals surface area (Å²) in [7, 11) is -3.51. The number of carbonyl (C=O) groups excluding carboxylic acids is 1. The number of piperidine rings is 1.